The summed E-state index contributed by atoms with van der Waals surface area (Å²) in [5, 5.41) is 9.47. The van der Waals surface area contributed by atoms with Crippen molar-refractivity contribution in [2.24, 2.45) is 0 Å². The van der Waals surface area contributed by atoms with Gasteiger partial charge in [-0.1, -0.05) is 28.1 Å². The lowest BCUT2D eigenvalue weighted by molar-refractivity contribution is 0.475. The number of benzene rings is 2. The Labute approximate surface area is 96.5 Å². The first kappa shape index (κ1) is 8.98. The van der Waals surface area contributed by atoms with E-state index in [9.17, 15) is 5.11 Å². The van der Waals surface area contributed by atoms with Crippen LogP contribution < -0.4 is 0 Å². The minimum atomic E-state index is 0.338. The Morgan fingerprint density at radius 1 is 0.933 bits per heavy atom. The smallest absolute Gasteiger partial charge is 0.116 e. The van der Waals surface area contributed by atoms with Gasteiger partial charge in [0.25, 0.3) is 0 Å². The van der Waals surface area contributed by atoms with Crippen molar-refractivity contribution in [2.45, 2.75) is 6.42 Å². The summed E-state index contributed by atoms with van der Waals surface area (Å²) in [6, 6.07) is 11.9. The Hall–Kier alpha value is -1.28. The predicted octanol–water partition coefficient (Wildman–Crippen LogP) is 3.73. The Kier molecular flexibility index (Phi) is 1.86. The lowest BCUT2D eigenvalue weighted by atomic mass is 10.1. The molecule has 0 fully saturated rings. The third-order valence-corrected chi connectivity index (χ3v) is 3.33. The van der Waals surface area contributed by atoms with E-state index < -0.39 is 0 Å². The van der Waals surface area contributed by atoms with Crippen LogP contribution in [0.25, 0.3) is 11.1 Å². The summed E-state index contributed by atoms with van der Waals surface area (Å²) in [5.41, 5.74) is 5.02. The first-order chi connectivity index (χ1) is 7.24. The molecule has 0 atom stereocenters. The molecule has 0 radical (unpaired) electrons. The molecule has 0 spiro atoms. The minimum Gasteiger partial charge on any atom is -0.508 e. The summed E-state index contributed by atoms with van der Waals surface area (Å²) in [5.74, 6) is 0.338. The van der Waals surface area contributed by atoms with Crippen LogP contribution in [0.3, 0.4) is 0 Å². The molecule has 15 heavy (non-hydrogen) atoms. The van der Waals surface area contributed by atoms with Crippen LogP contribution in [0.1, 0.15) is 11.1 Å². The van der Waals surface area contributed by atoms with E-state index in [0.717, 1.165) is 16.5 Å². The van der Waals surface area contributed by atoms with E-state index in [-0.39, 0.29) is 0 Å². The molecule has 0 saturated carbocycles. The van der Waals surface area contributed by atoms with Crippen molar-refractivity contribution >= 4 is 15.9 Å². The van der Waals surface area contributed by atoms with E-state index >= 15 is 0 Å². The van der Waals surface area contributed by atoms with Gasteiger partial charge >= 0.3 is 0 Å². The maximum Gasteiger partial charge on any atom is 0.116 e. The molecule has 3 rings (SSSR count). The van der Waals surface area contributed by atoms with Crippen LogP contribution >= 0.6 is 15.9 Å². The van der Waals surface area contributed by atoms with Crippen molar-refractivity contribution in [2.75, 3.05) is 0 Å². The largest absolute Gasteiger partial charge is 0.508 e. The van der Waals surface area contributed by atoms with Crippen LogP contribution in [0, 0.1) is 0 Å². The van der Waals surface area contributed by atoms with E-state index in [4.69, 9.17) is 0 Å². The number of hydrogen-bond donors (Lipinski definition) is 1. The van der Waals surface area contributed by atoms with Gasteiger partial charge in [-0.3, -0.25) is 0 Å². The van der Waals surface area contributed by atoms with E-state index in [1.54, 1.807) is 6.07 Å². The van der Waals surface area contributed by atoms with E-state index in [1.165, 1.54) is 16.7 Å². The van der Waals surface area contributed by atoms with Crippen molar-refractivity contribution in [1.29, 1.82) is 0 Å². The molecule has 0 saturated heterocycles. The highest BCUT2D eigenvalue weighted by Gasteiger charge is 2.18. The number of hydrogen-bond acceptors (Lipinski definition) is 1. The lowest BCUT2D eigenvalue weighted by Gasteiger charge is -2.01. The Balaban J connectivity index is 2.26. The van der Waals surface area contributed by atoms with E-state index in [0.29, 0.717) is 5.75 Å². The zero-order chi connectivity index (χ0) is 10.4. The highest BCUT2D eigenvalue weighted by atomic mass is 79.9. The van der Waals surface area contributed by atoms with E-state index in [2.05, 4.69) is 28.1 Å². The van der Waals surface area contributed by atoms with Crippen molar-refractivity contribution in [3.63, 3.8) is 0 Å². The second-order valence-electron chi connectivity index (χ2n) is 3.82. The molecule has 0 aliphatic heterocycles. The molecule has 0 bridgehead atoms. The van der Waals surface area contributed by atoms with E-state index in [1.807, 2.05) is 18.2 Å². The van der Waals surface area contributed by atoms with Gasteiger partial charge in [-0.25, -0.2) is 0 Å². The highest BCUT2D eigenvalue weighted by molar-refractivity contribution is 9.10. The molecular formula is C13H9BrO. The van der Waals surface area contributed by atoms with Gasteiger partial charge in [0.05, 0.1) is 0 Å². The van der Waals surface area contributed by atoms with Crippen LogP contribution in [-0.4, -0.2) is 5.11 Å². The molecule has 1 nitrogen and oxygen atoms in total. The number of halogens is 1. The summed E-state index contributed by atoms with van der Waals surface area (Å²) in [4.78, 5) is 0. The van der Waals surface area contributed by atoms with Gasteiger partial charge in [0.2, 0.25) is 0 Å². The molecule has 1 N–H and O–H groups in total. The molecule has 2 heteroatoms. The highest BCUT2D eigenvalue weighted by Crippen LogP contribution is 2.39. The maximum absolute atomic E-state index is 9.47. The van der Waals surface area contributed by atoms with Gasteiger partial charge in [0, 0.05) is 4.47 Å². The third-order valence-electron chi connectivity index (χ3n) is 2.83. The molecule has 0 heterocycles. The second kappa shape index (κ2) is 3.11. The Bertz CT molecular complexity index is 546. The van der Waals surface area contributed by atoms with Crippen LogP contribution in [0.2, 0.25) is 0 Å². The summed E-state index contributed by atoms with van der Waals surface area (Å²) in [6.45, 7) is 0. The number of phenolic OH excluding ortho intramolecular Hbond substituents is 1. The van der Waals surface area contributed by atoms with Gasteiger partial charge in [-0.2, -0.15) is 0 Å². The average molecular weight is 261 g/mol. The standard InChI is InChI=1S/C13H9BrO/c14-10-2-4-12-9(6-10)5-8-1-3-11(15)7-13(8)12/h1-4,6-7,15H,5H2. The fraction of sp³-hybridized carbons (Fsp3) is 0.0769. The number of aromatic hydroxyl groups is 1. The normalized spacial score (nSPS) is 12.3. The van der Waals surface area contributed by atoms with Crippen molar-refractivity contribution < 1.29 is 5.11 Å². The summed E-state index contributed by atoms with van der Waals surface area (Å²) < 4.78 is 1.11. The molecule has 0 aromatic heterocycles. The van der Waals surface area contributed by atoms with Gasteiger partial charge in [-0.05, 0) is 52.9 Å². The SMILES string of the molecule is Oc1ccc2c(c1)-c1ccc(Br)cc1C2. The van der Waals surface area contributed by atoms with Crippen LogP contribution in [-0.2, 0) is 6.42 Å². The van der Waals surface area contributed by atoms with Crippen molar-refractivity contribution in [1.82, 2.24) is 0 Å². The van der Waals surface area contributed by atoms with Gasteiger partial charge in [0.1, 0.15) is 5.75 Å². The fourth-order valence-electron chi connectivity index (χ4n) is 2.15. The zero-order valence-electron chi connectivity index (χ0n) is 8.00. The molecule has 0 unspecified atom stereocenters. The monoisotopic (exact) mass is 260 g/mol. The minimum absolute atomic E-state index is 0.338. The fourth-order valence-corrected chi connectivity index (χ4v) is 2.55. The van der Waals surface area contributed by atoms with Crippen LogP contribution in [0.15, 0.2) is 40.9 Å². The summed E-state index contributed by atoms with van der Waals surface area (Å²) in [7, 11) is 0. The van der Waals surface area contributed by atoms with Crippen LogP contribution in [0.5, 0.6) is 5.75 Å². The van der Waals surface area contributed by atoms with Gasteiger partial charge in [0.15, 0.2) is 0 Å². The van der Waals surface area contributed by atoms with Gasteiger partial charge in [-0.15, -0.1) is 0 Å². The number of phenols is 1. The molecular weight excluding hydrogens is 252 g/mol. The first-order valence-corrected chi connectivity index (χ1v) is 5.64. The molecule has 1 aliphatic carbocycles. The quantitative estimate of drug-likeness (QED) is 0.653. The zero-order valence-corrected chi connectivity index (χ0v) is 9.58. The lowest BCUT2D eigenvalue weighted by Crippen LogP contribution is -1.79. The number of fused-ring (bicyclic) bond motifs is 3. The third kappa shape index (κ3) is 1.37. The maximum atomic E-state index is 9.47. The van der Waals surface area contributed by atoms with Gasteiger partial charge < -0.3 is 5.11 Å². The first-order valence-electron chi connectivity index (χ1n) is 4.85. The Morgan fingerprint density at radius 3 is 2.67 bits per heavy atom. The summed E-state index contributed by atoms with van der Waals surface area (Å²) in [6.07, 6.45) is 0.963. The second-order valence-corrected chi connectivity index (χ2v) is 4.74. The van der Waals surface area contributed by atoms with Crippen molar-refractivity contribution in [3.05, 3.63) is 52.0 Å². The topological polar surface area (TPSA) is 20.2 Å². The molecule has 0 amide bonds. The predicted molar refractivity (Wildman–Crippen MR) is 64.0 cm³/mol. The molecule has 74 valence electrons. The average Bonchev–Trinajstić information content (AvgIpc) is 2.54. The molecule has 2 aromatic rings. The molecule has 1 aliphatic rings. The van der Waals surface area contributed by atoms with Crippen LogP contribution in [0.4, 0.5) is 0 Å². The molecule has 2 aromatic carbocycles. The summed E-state index contributed by atoms with van der Waals surface area (Å²) >= 11 is 3.47. The number of rotatable bonds is 0. The Morgan fingerprint density at radius 2 is 1.80 bits per heavy atom. The van der Waals surface area contributed by atoms with Crippen molar-refractivity contribution in [3.8, 4) is 16.9 Å².